The standard InChI is InChI=1S/C25H21BrN2O2/c1-17-6-7-18(2)24(12-17)28-25(29)21(15-27)13-20-4-3-5-23(14-20)30-16-19-8-10-22(26)11-9-19/h3-14H,16H2,1-2H3,(H,28,29)/b21-13-. The summed E-state index contributed by atoms with van der Waals surface area (Å²) in [4.78, 5) is 12.6. The number of anilines is 1. The van der Waals surface area contributed by atoms with Gasteiger partial charge in [0, 0.05) is 10.2 Å². The molecule has 0 heterocycles. The molecule has 3 aromatic carbocycles. The number of ether oxygens (including phenoxy) is 1. The second kappa shape index (κ2) is 9.91. The van der Waals surface area contributed by atoms with Gasteiger partial charge in [-0.25, -0.2) is 0 Å². The normalized spacial score (nSPS) is 10.9. The van der Waals surface area contributed by atoms with Crippen molar-refractivity contribution in [2.24, 2.45) is 0 Å². The number of rotatable bonds is 6. The van der Waals surface area contributed by atoms with Crippen LogP contribution in [0.2, 0.25) is 0 Å². The molecule has 1 amide bonds. The molecule has 0 saturated carbocycles. The van der Waals surface area contributed by atoms with Crippen molar-refractivity contribution in [3.05, 3.63) is 99.0 Å². The molecular weight excluding hydrogens is 440 g/mol. The topological polar surface area (TPSA) is 62.1 Å². The van der Waals surface area contributed by atoms with Crippen LogP contribution in [0.1, 0.15) is 22.3 Å². The summed E-state index contributed by atoms with van der Waals surface area (Å²) < 4.78 is 6.86. The van der Waals surface area contributed by atoms with Gasteiger partial charge >= 0.3 is 0 Å². The largest absolute Gasteiger partial charge is 0.489 e. The van der Waals surface area contributed by atoms with Crippen molar-refractivity contribution in [3.63, 3.8) is 0 Å². The minimum absolute atomic E-state index is 0.0287. The lowest BCUT2D eigenvalue weighted by Crippen LogP contribution is -2.14. The first kappa shape index (κ1) is 21.4. The molecule has 0 aromatic heterocycles. The van der Waals surface area contributed by atoms with E-state index in [0.717, 1.165) is 26.7 Å². The van der Waals surface area contributed by atoms with E-state index in [0.29, 0.717) is 18.0 Å². The first-order chi connectivity index (χ1) is 14.4. The summed E-state index contributed by atoms with van der Waals surface area (Å²) in [5.74, 6) is 0.228. The molecule has 30 heavy (non-hydrogen) atoms. The molecule has 0 radical (unpaired) electrons. The first-order valence-corrected chi connectivity index (χ1v) is 10.2. The second-order valence-electron chi connectivity index (χ2n) is 6.93. The van der Waals surface area contributed by atoms with E-state index in [9.17, 15) is 10.1 Å². The van der Waals surface area contributed by atoms with E-state index in [-0.39, 0.29) is 5.57 Å². The summed E-state index contributed by atoms with van der Waals surface area (Å²) in [6, 6.07) is 23.0. The molecule has 0 aliphatic heterocycles. The molecule has 3 rings (SSSR count). The van der Waals surface area contributed by atoms with Crippen molar-refractivity contribution in [3.8, 4) is 11.8 Å². The quantitative estimate of drug-likeness (QED) is 0.352. The lowest BCUT2D eigenvalue weighted by atomic mass is 10.1. The van der Waals surface area contributed by atoms with Crippen LogP contribution < -0.4 is 10.1 Å². The van der Waals surface area contributed by atoms with E-state index in [2.05, 4.69) is 21.2 Å². The van der Waals surface area contributed by atoms with Crippen molar-refractivity contribution >= 4 is 33.6 Å². The van der Waals surface area contributed by atoms with Crippen molar-refractivity contribution in [2.75, 3.05) is 5.32 Å². The molecular formula is C25H21BrN2O2. The van der Waals surface area contributed by atoms with Gasteiger partial charge in [0.25, 0.3) is 5.91 Å². The van der Waals surface area contributed by atoms with E-state index >= 15 is 0 Å². The van der Waals surface area contributed by atoms with Gasteiger partial charge in [0.1, 0.15) is 24.0 Å². The summed E-state index contributed by atoms with van der Waals surface area (Å²) in [6.07, 6.45) is 1.56. The molecule has 0 unspecified atom stereocenters. The van der Waals surface area contributed by atoms with Gasteiger partial charge in [-0.05, 0) is 72.5 Å². The molecule has 0 fully saturated rings. The zero-order valence-electron chi connectivity index (χ0n) is 16.8. The predicted octanol–water partition coefficient (Wildman–Crippen LogP) is 6.19. The van der Waals surface area contributed by atoms with Crippen molar-refractivity contribution < 1.29 is 9.53 Å². The number of amides is 1. The fourth-order valence-electron chi connectivity index (χ4n) is 2.82. The minimum Gasteiger partial charge on any atom is -0.489 e. The Labute approximate surface area is 184 Å². The van der Waals surface area contributed by atoms with Crippen LogP contribution in [0.25, 0.3) is 6.08 Å². The van der Waals surface area contributed by atoms with Crippen LogP contribution in [0.3, 0.4) is 0 Å². The number of hydrogen-bond donors (Lipinski definition) is 1. The number of aryl methyl sites for hydroxylation is 2. The fourth-order valence-corrected chi connectivity index (χ4v) is 3.08. The Morgan fingerprint density at radius 2 is 1.87 bits per heavy atom. The minimum atomic E-state index is -0.438. The van der Waals surface area contributed by atoms with Crippen LogP contribution in [0, 0.1) is 25.2 Å². The van der Waals surface area contributed by atoms with Crippen LogP contribution in [0.15, 0.2) is 76.8 Å². The smallest absolute Gasteiger partial charge is 0.266 e. The van der Waals surface area contributed by atoms with Crippen molar-refractivity contribution in [1.82, 2.24) is 0 Å². The van der Waals surface area contributed by atoms with Gasteiger partial charge in [0.05, 0.1) is 0 Å². The van der Waals surface area contributed by atoms with E-state index in [1.165, 1.54) is 0 Å². The Morgan fingerprint density at radius 1 is 1.10 bits per heavy atom. The maximum atomic E-state index is 12.6. The average molecular weight is 461 g/mol. The van der Waals surface area contributed by atoms with Crippen LogP contribution in [-0.2, 0) is 11.4 Å². The number of nitriles is 1. The summed E-state index contributed by atoms with van der Waals surface area (Å²) in [7, 11) is 0. The summed E-state index contributed by atoms with van der Waals surface area (Å²) >= 11 is 3.41. The maximum absolute atomic E-state index is 12.6. The maximum Gasteiger partial charge on any atom is 0.266 e. The Hall–Kier alpha value is -3.36. The molecule has 0 atom stereocenters. The molecule has 4 nitrogen and oxygen atoms in total. The van der Waals surface area contributed by atoms with Gasteiger partial charge in [-0.1, -0.05) is 52.3 Å². The van der Waals surface area contributed by atoms with Crippen LogP contribution >= 0.6 is 15.9 Å². The highest BCUT2D eigenvalue weighted by Gasteiger charge is 2.11. The summed E-state index contributed by atoms with van der Waals surface area (Å²) in [6.45, 7) is 4.30. The molecule has 0 bridgehead atoms. The molecule has 150 valence electrons. The second-order valence-corrected chi connectivity index (χ2v) is 7.85. The Balaban J connectivity index is 1.73. The number of halogens is 1. The molecule has 0 aliphatic carbocycles. The lowest BCUT2D eigenvalue weighted by Gasteiger charge is -2.09. The highest BCUT2D eigenvalue weighted by atomic mass is 79.9. The van der Waals surface area contributed by atoms with Gasteiger partial charge in [-0.2, -0.15) is 5.26 Å². The van der Waals surface area contributed by atoms with Gasteiger partial charge in [-0.3, -0.25) is 4.79 Å². The Kier molecular flexibility index (Phi) is 7.05. The average Bonchev–Trinajstić information content (AvgIpc) is 2.74. The van der Waals surface area contributed by atoms with Gasteiger partial charge < -0.3 is 10.1 Å². The number of nitrogens with one attached hydrogen (secondary N) is 1. The number of carbonyl (C=O) groups is 1. The summed E-state index contributed by atoms with van der Waals surface area (Å²) in [5, 5.41) is 12.3. The number of benzene rings is 3. The monoisotopic (exact) mass is 460 g/mol. The van der Waals surface area contributed by atoms with Gasteiger partial charge in [0.15, 0.2) is 0 Å². The number of nitrogens with zero attached hydrogens (tertiary/aromatic N) is 1. The highest BCUT2D eigenvalue weighted by Crippen LogP contribution is 2.20. The van der Waals surface area contributed by atoms with E-state index < -0.39 is 5.91 Å². The number of hydrogen-bond acceptors (Lipinski definition) is 3. The Morgan fingerprint density at radius 3 is 2.60 bits per heavy atom. The van der Waals surface area contributed by atoms with Crippen LogP contribution in [0.4, 0.5) is 5.69 Å². The van der Waals surface area contributed by atoms with Crippen molar-refractivity contribution in [1.29, 1.82) is 5.26 Å². The zero-order chi connectivity index (χ0) is 21.5. The van der Waals surface area contributed by atoms with Gasteiger partial charge in [-0.15, -0.1) is 0 Å². The first-order valence-electron chi connectivity index (χ1n) is 9.42. The van der Waals surface area contributed by atoms with E-state index in [1.807, 2.05) is 80.6 Å². The molecule has 1 N–H and O–H groups in total. The van der Waals surface area contributed by atoms with Crippen molar-refractivity contribution in [2.45, 2.75) is 20.5 Å². The third-order valence-electron chi connectivity index (χ3n) is 4.49. The molecule has 3 aromatic rings. The SMILES string of the molecule is Cc1ccc(C)c(NC(=O)/C(C#N)=C\c2cccc(OCc3ccc(Br)cc3)c2)c1. The lowest BCUT2D eigenvalue weighted by molar-refractivity contribution is -0.112. The van der Waals surface area contributed by atoms with E-state index in [1.54, 1.807) is 12.1 Å². The highest BCUT2D eigenvalue weighted by molar-refractivity contribution is 9.10. The zero-order valence-corrected chi connectivity index (χ0v) is 18.4. The fraction of sp³-hybridized carbons (Fsp3) is 0.120. The van der Waals surface area contributed by atoms with Crippen LogP contribution in [0.5, 0.6) is 5.75 Å². The third kappa shape index (κ3) is 5.82. The van der Waals surface area contributed by atoms with E-state index in [4.69, 9.17) is 4.74 Å². The van der Waals surface area contributed by atoms with Crippen LogP contribution in [-0.4, -0.2) is 5.91 Å². The Bertz CT molecular complexity index is 1130. The molecule has 0 saturated heterocycles. The molecule has 5 heteroatoms. The number of carbonyl (C=O) groups excluding carboxylic acids is 1. The predicted molar refractivity (Wildman–Crippen MR) is 123 cm³/mol. The third-order valence-corrected chi connectivity index (χ3v) is 5.02. The molecule has 0 spiro atoms. The summed E-state index contributed by atoms with van der Waals surface area (Å²) in [5.41, 5.74) is 4.47. The molecule has 0 aliphatic rings. The van der Waals surface area contributed by atoms with Gasteiger partial charge in [0.2, 0.25) is 0 Å².